The molecular formula is C23H20N2O4S. The Labute approximate surface area is 175 Å². The van der Waals surface area contributed by atoms with Crippen molar-refractivity contribution in [1.29, 1.82) is 0 Å². The highest BCUT2D eigenvalue weighted by molar-refractivity contribution is 7.90. The van der Waals surface area contributed by atoms with E-state index in [-0.39, 0.29) is 4.90 Å². The van der Waals surface area contributed by atoms with Crippen molar-refractivity contribution >= 4 is 26.5 Å². The Morgan fingerprint density at radius 3 is 2.60 bits per heavy atom. The zero-order valence-electron chi connectivity index (χ0n) is 16.5. The number of benzene rings is 2. The zero-order chi connectivity index (χ0) is 21.1. The van der Waals surface area contributed by atoms with Crippen molar-refractivity contribution in [1.82, 2.24) is 4.57 Å². The van der Waals surface area contributed by atoms with Gasteiger partial charge in [-0.15, -0.1) is 0 Å². The van der Waals surface area contributed by atoms with E-state index in [0.717, 1.165) is 22.9 Å². The van der Waals surface area contributed by atoms with Crippen LogP contribution in [0.3, 0.4) is 0 Å². The number of ether oxygens (including phenoxy) is 1. The van der Waals surface area contributed by atoms with Crippen molar-refractivity contribution in [3.63, 3.8) is 0 Å². The number of methoxy groups -OCH3 is 1. The monoisotopic (exact) mass is 420 g/mol. The second-order valence-electron chi connectivity index (χ2n) is 6.66. The number of aromatic nitrogens is 1. The van der Waals surface area contributed by atoms with Crippen LogP contribution >= 0.6 is 0 Å². The zero-order valence-corrected chi connectivity index (χ0v) is 17.4. The maximum atomic E-state index is 11.7. The van der Waals surface area contributed by atoms with Crippen molar-refractivity contribution in [2.45, 2.75) is 4.90 Å². The summed E-state index contributed by atoms with van der Waals surface area (Å²) in [6.45, 7) is 0.330. The number of sulfone groups is 1. The van der Waals surface area contributed by atoms with Crippen molar-refractivity contribution < 1.29 is 17.6 Å². The molecule has 152 valence electrons. The topological polar surface area (TPSA) is 73.5 Å². The average Bonchev–Trinajstić information content (AvgIpc) is 3.37. The molecular weight excluding hydrogens is 400 g/mol. The number of hydrogen-bond acceptors (Lipinski definition) is 5. The molecule has 1 N–H and O–H groups in total. The van der Waals surface area contributed by atoms with Gasteiger partial charge in [-0.25, -0.2) is 8.42 Å². The summed E-state index contributed by atoms with van der Waals surface area (Å²) in [5, 5.41) is 4.15. The highest BCUT2D eigenvalue weighted by atomic mass is 32.2. The molecule has 0 radical (unpaired) electrons. The van der Waals surface area contributed by atoms with E-state index in [1.54, 1.807) is 6.07 Å². The van der Waals surface area contributed by atoms with Gasteiger partial charge < -0.3 is 19.0 Å². The lowest BCUT2D eigenvalue weighted by atomic mass is 10.2. The molecule has 4 rings (SSSR count). The molecule has 0 unspecified atom stereocenters. The van der Waals surface area contributed by atoms with E-state index in [1.807, 2.05) is 53.4 Å². The lowest BCUT2D eigenvalue weighted by Gasteiger charge is -2.10. The van der Waals surface area contributed by atoms with Crippen LogP contribution in [0.25, 0.3) is 16.7 Å². The maximum Gasteiger partial charge on any atom is 0.202 e. The maximum absolute atomic E-state index is 11.7. The van der Waals surface area contributed by atoms with Crippen LogP contribution in [-0.4, -0.2) is 32.9 Å². The molecule has 0 aliphatic heterocycles. The summed E-state index contributed by atoms with van der Waals surface area (Å²) in [5.74, 6) is 7.18. The number of rotatable bonds is 5. The predicted octanol–water partition coefficient (Wildman–Crippen LogP) is 4.10. The Morgan fingerprint density at radius 1 is 1.10 bits per heavy atom. The van der Waals surface area contributed by atoms with E-state index >= 15 is 0 Å². The molecule has 4 aromatic rings. The van der Waals surface area contributed by atoms with E-state index in [0.29, 0.717) is 23.7 Å². The summed E-state index contributed by atoms with van der Waals surface area (Å²) in [6.07, 6.45) is 5.07. The molecule has 7 heteroatoms. The van der Waals surface area contributed by atoms with Crippen LogP contribution < -0.4 is 10.1 Å². The largest absolute Gasteiger partial charge is 0.495 e. The fourth-order valence-electron chi connectivity index (χ4n) is 3.17. The van der Waals surface area contributed by atoms with Gasteiger partial charge in [0.15, 0.2) is 9.84 Å². The minimum Gasteiger partial charge on any atom is -0.495 e. The minimum atomic E-state index is -3.30. The summed E-state index contributed by atoms with van der Waals surface area (Å²) in [5.41, 5.74) is 2.34. The molecule has 0 atom stereocenters. The second kappa shape index (κ2) is 8.01. The summed E-state index contributed by atoms with van der Waals surface area (Å²) in [7, 11) is -1.81. The number of anilines is 1. The molecule has 30 heavy (non-hydrogen) atoms. The number of furan rings is 1. The third kappa shape index (κ3) is 3.91. The number of hydrogen-bond donors (Lipinski definition) is 1. The molecule has 0 saturated heterocycles. The molecule has 0 bridgehead atoms. The summed E-state index contributed by atoms with van der Waals surface area (Å²) in [6, 6.07) is 16.4. The smallest absolute Gasteiger partial charge is 0.202 e. The standard InChI is InChI=1S/C23H20N2O4S/c1-28-22-16-17(30(2,26)27)11-12-19(22)24-13-7-10-21-23(25-14-5-6-15-25)18-8-3-4-9-20(18)29-21/h3-6,8-9,11-12,14-16,24H,13H2,1-2H3. The van der Waals surface area contributed by atoms with Crippen molar-refractivity contribution in [3.8, 4) is 23.3 Å². The van der Waals surface area contributed by atoms with Crippen LogP contribution in [0.2, 0.25) is 0 Å². The molecule has 2 heterocycles. The molecule has 0 aliphatic rings. The highest BCUT2D eigenvalue weighted by Crippen LogP contribution is 2.29. The minimum absolute atomic E-state index is 0.203. The third-order valence-electron chi connectivity index (χ3n) is 4.60. The van der Waals surface area contributed by atoms with E-state index in [9.17, 15) is 8.42 Å². The van der Waals surface area contributed by atoms with Gasteiger partial charge in [0.25, 0.3) is 0 Å². The van der Waals surface area contributed by atoms with Crippen molar-refractivity contribution in [2.75, 3.05) is 25.2 Å². The van der Waals surface area contributed by atoms with E-state index in [4.69, 9.17) is 9.15 Å². The first-order valence-corrected chi connectivity index (χ1v) is 11.1. The lowest BCUT2D eigenvalue weighted by Crippen LogP contribution is -2.03. The Morgan fingerprint density at radius 2 is 1.87 bits per heavy atom. The first-order valence-electron chi connectivity index (χ1n) is 9.23. The van der Waals surface area contributed by atoms with Gasteiger partial charge in [0.2, 0.25) is 5.76 Å². The second-order valence-corrected chi connectivity index (χ2v) is 8.67. The van der Waals surface area contributed by atoms with Crippen LogP contribution in [0.5, 0.6) is 5.75 Å². The highest BCUT2D eigenvalue weighted by Gasteiger charge is 2.14. The van der Waals surface area contributed by atoms with E-state index in [2.05, 4.69) is 17.2 Å². The SMILES string of the molecule is COc1cc(S(C)(=O)=O)ccc1NCC#Cc1oc2ccccc2c1-n1cccc1. The first-order chi connectivity index (χ1) is 14.5. The van der Waals surface area contributed by atoms with Crippen LogP contribution in [-0.2, 0) is 9.84 Å². The quantitative estimate of drug-likeness (QED) is 0.492. The van der Waals surface area contributed by atoms with Gasteiger partial charge >= 0.3 is 0 Å². The molecule has 0 fully saturated rings. The van der Waals surface area contributed by atoms with Gasteiger partial charge in [0, 0.05) is 30.1 Å². The Bertz CT molecular complexity index is 1360. The van der Waals surface area contributed by atoms with Gasteiger partial charge in [0.05, 0.1) is 24.2 Å². The van der Waals surface area contributed by atoms with E-state index < -0.39 is 9.84 Å². The van der Waals surface area contributed by atoms with Crippen LogP contribution in [0.4, 0.5) is 5.69 Å². The molecule has 0 amide bonds. The Kier molecular flexibility index (Phi) is 5.25. The molecule has 0 spiro atoms. The lowest BCUT2D eigenvalue weighted by molar-refractivity contribution is 0.415. The number of para-hydroxylation sites is 1. The van der Waals surface area contributed by atoms with Crippen molar-refractivity contribution in [2.24, 2.45) is 0 Å². The normalized spacial score (nSPS) is 11.1. The molecule has 0 aliphatic carbocycles. The number of nitrogens with zero attached hydrogens (tertiary/aromatic N) is 1. The van der Waals surface area contributed by atoms with Crippen LogP contribution in [0, 0.1) is 11.8 Å². The molecule has 0 saturated carbocycles. The van der Waals surface area contributed by atoms with Crippen LogP contribution in [0.15, 0.2) is 76.3 Å². The molecule has 6 nitrogen and oxygen atoms in total. The number of fused-ring (bicyclic) bond motifs is 1. The Balaban J connectivity index is 1.59. The Hall–Kier alpha value is -3.63. The summed E-state index contributed by atoms with van der Waals surface area (Å²) >= 11 is 0. The fraction of sp³-hybridized carbons (Fsp3) is 0.130. The van der Waals surface area contributed by atoms with Gasteiger partial charge in [-0.1, -0.05) is 18.1 Å². The van der Waals surface area contributed by atoms with Gasteiger partial charge in [-0.2, -0.15) is 0 Å². The van der Waals surface area contributed by atoms with Gasteiger partial charge in [0.1, 0.15) is 17.0 Å². The summed E-state index contributed by atoms with van der Waals surface area (Å²) < 4.78 is 36.7. The van der Waals surface area contributed by atoms with Crippen LogP contribution in [0.1, 0.15) is 5.76 Å². The molecule has 2 aromatic heterocycles. The fourth-order valence-corrected chi connectivity index (χ4v) is 3.80. The van der Waals surface area contributed by atoms with E-state index in [1.165, 1.54) is 19.2 Å². The van der Waals surface area contributed by atoms with Crippen molar-refractivity contribution in [3.05, 3.63) is 72.8 Å². The molecule has 2 aromatic carbocycles. The number of nitrogens with one attached hydrogen (secondary N) is 1. The van der Waals surface area contributed by atoms with Gasteiger partial charge in [-0.3, -0.25) is 0 Å². The summed E-state index contributed by atoms with van der Waals surface area (Å²) in [4.78, 5) is 0.203. The predicted molar refractivity (Wildman–Crippen MR) is 117 cm³/mol. The third-order valence-corrected chi connectivity index (χ3v) is 5.71. The first kappa shape index (κ1) is 19.7. The average molecular weight is 420 g/mol. The van der Waals surface area contributed by atoms with Gasteiger partial charge in [-0.05, 0) is 42.3 Å².